The van der Waals surface area contributed by atoms with E-state index in [1.54, 1.807) is 0 Å². The molecule has 0 bridgehead atoms. The third-order valence-corrected chi connectivity index (χ3v) is 6.95. The second kappa shape index (κ2) is 11.2. The lowest BCUT2D eigenvalue weighted by molar-refractivity contribution is -0.139. The van der Waals surface area contributed by atoms with Crippen LogP contribution in [0.5, 0.6) is 0 Å². The van der Waals surface area contributed by atoms with E-state index in [0.717, 1.165) is 38.6 Å². The van der Waals surface area contributed by atoms with Crippen LogP contribution in [-0.4, -0.2) is 35.7 Å². The van der Waals surface area contributed by atoms with Crippen LogP contribution in [0.1, 0.15) is 35.4 Å². The molecule has 0 aliphatic heterocycles. The molecule has 7 heteroatoms. The number of carboxylic acids is 1. The number of rotatable bonds is 9. The summed E-state index contributed by atoms with van der Waals surface area (Å²) in [4.78, 5) is 36.7. The van der Waals surface area contributed by atoms with Gasteiger partial charge in [0.25, 0.3) is 0 Å². The van der Waals surface area contributed by atoms with Crippen LogP contribution in [0.25, 0.3) is 21.9 Å². The second-order valence-corrected chi connectivity index (χ2v) is 9.31. The number of amides is 2. The smallest absolute Gasteiger partial charge is 0.407 e. The van der Waals surface area contributed by atoms with Crippen LogP contribution in [0.2, 0.25) is 0 Å². The molecule has 3 N–H and O–H groups in total. The van der Waals surface area contributed by atoms with E-state index in [1.165, 1.54) is 0 Å². The fraction of sp³-hybridized carbons (Fsp3) is 0.194. The highest BCUT2D eigenvalue weighted by molar-refractivity contribution is 5.86. The SMILES string of the molecule is O=C(CC[C@@H](NC(=O)OCC1c2ccccc2-c2ccccc21)C(=O)O)NCc1cccc2ccccc12. The van der Waals surface area contributed by atoms with E-state index in [1.807, 2.05) is 91.0 Å². The Morgan fingerprint density at radius 1 is 0.816 bits per heavy atom. The van der Waals surface area contributed by atoms with Gasteiger partial charge in [-0.1, -0.05) is 91.0 Å². The van der Waals surface area contributed by atoms with Gasteiger partial charge in [-0.2, -0.15) is 0 Å². The van der Waals surface area contributed by atoms with Crippen molar-refractivity contribution in [1.29, 1.82) is 0 Å². The van der Waals surface area contributed by atoms with E-state index in [2.05, 4.69) is 10.6 Å². The molecule has 4 aromatic carbocycles. The van der Waals surface area contributed by atoms with Crippen molar-refractivity contribution in [3.05, 3.63) is 108 Å². The van der Waals surface area contributed by atoms with Crippen molar-refractivity contribution in [3.63, 3.8) is 0 Å². The summed E-state index contributed by atoms with van der Waals surface area (Å²) in [6.07, 6.45) is -0.929. The minimum Gasteiger partial charge on any atom is -0.480 e. The van der Waals surface area contributed by atoms with Gasteiger partial charge in [-0.25, -0.2) is 9.59 Å². The Labute approximate surface area is 220 Å². The number of benzene rings is 4. The molecule has 0 heterocycles. The molecule has 38 heavy (non-hydrogen) atoms. The first-order valence-electron chi connectivity index (χ1n) is 12.6. The van der Waals surface area contributed by atoms with Crippen molar-refractivity contribution >= 4 is 28.7 Å². The van der Waals surface area contributed by atoms with Crippen molar-refractivity contribution < 1.29 is 24.2 Å². The molecule has 1 aliphatic carbocycles. The number of nitrogens with one attached hydrogen (secondary N) is 2. The quantitative estimate of drug-likeness (QED) is 0.287. The third kappa shape index (κ3) is 5.37. The van der Waals surface area contributed by atoms with Crippen LogP contribution in [0.15, 0.2) is 91.0 Å². The minimum atomic E-state index is -1.24. The number of carbonyl (C=O) groups is 3. The fourth-order valence-corrected chi connectivity index (χ4v) is 5.04. The molecule has 4 aromatic rings. The number of carbonyl (C=O) groups excluding carboxylic acids is 2. The molecule has 1 aliphatic rings. The van der Waals surface area contributed by atoms with Gasteiger partial charge in [-0.05, 0) is 45.0 Å². The van der Waals surface area contributed by atoms with Crippen LogP contribution >= 0.6 is 0 Å². The Balaban J connectivity index is 1.13. The number of carboxylic acid groups (broad SMARTS) is 1. The summed E-state index contributed by atoms with van der Waals surface area (Å²) in [5, 5.41) is 17.0. The molecule has 0 saturated carbocycles. The highest BCUT2D eigenvalue weighted by Crippen LogP contribution is 2.44. The van der Waals surface area contributed by atoms with E-state index < -0.39 is 18.1 Å². The molecule has 2 amide bonds. The van der Waals surface area contributed by atoms with Crippen molar-refractivity contribution in [3.8, 4) is 11.1 Å². The summed E-state index contributed by atoms with van der Waals surface area (Å²) < 4.78 is 5.46. The zero-order valence-corrected chi connectivity index (χ0v) is 20.7. The van der Waals surface area contributed by atoms with Gasteiger partial charge < -0.3 is 20.5 Å². The molecule has 0 unspecified atom stereocenters. The summed E-state index contributed by atoms with van der Waals surface area (Å²) in [6.45, 7) is 0.412. The molecule has 7 nitrogen and oxygen atoms in total. The molecular weight excluding hydrogens is 480 g/mol. The van der Waals surface area contributed by atoms with Gasteiger partial charge in [0.15, 0.2) is 0 Å². The number of fused-ring (bicyclic) bond motifs is 4. The van der Waals surface area contributed by atoms with Crippen LogP contribution in [0.3, 0.4) is 0 Å². The lowest BCUT2D eigenvalue weighted by Crippen LogP contribution is -2.42. The van der Waals surface area contributed by atoms with E-state index in [9.17, 15) is 19.5 Å². The lowest BCUT2D eigenvalue weighted by Gasteiger charge is -2.17. The molecule has 0 fully saturated rings. The fourth-order valence-electron chi connectivity index (χ4n) is 5.04. The summed E-state index contributed by atoms with van der Waals surface area (Å²) >= 11 is 0. The van der Waals surface area contributed by atoms with Gasteiger partial charge in [-0.3, -0.25) is 4.79 Å². The van der Waals surface area contributed by atoms with Crippen molar-refractivity contribution in [2.75, 3.05) is 6.61 Å². The van der Waals surface area contributed by atoms with E-state index in [-0.39, 0.29) is 31.3 Å². The normalized spacial score (nSPS) is 12.8. The second-order valence-electron chi connectivity index (χ2n) is 9.31. The van der Waals surface area contributed by atoms with Crippen LogP contribution in [0, 0.1) is 0 Å². The van der Waals surface area contributed by atoms with Crippen molar-refractivity contribution in [2.45, 2.75) is 31.3 Å². The lowest BCUT2D eigenvalue weighted by atomic mass is 9.98. The summed E-state index contributed by atoms with van der Waals surface area (Å²) in [6, 6.07) is 28.5. The Hall–Kier alpha value is -4.65. The molecule has 0 aromatic heterocycles. The first-order chi connectivity index (χ1) is 18.5. The van der Waals surface area contributed by atoms with Crippen LogP contribution in [-0.2, 0) is 20.9 Å². The van der Waals surface area contributed by atoms with Gasteiger partial charge in [-0.15, -0.1) is 0 Å². The largest absolute Gasteiger partial charge is 0.480 e. The summed E-state index contributed by atoms with van der Waals surface area (Å²) in [5.74, 6) is -1.64. The number of hydrogen-bond acceptors (Lipinski definition) is 4. The number of ether oxygens (including phenoxy) is 1. The predicted octanol–water partition coefficient (Wildman–Crippen LogP) is 5.23. The maximum Gasteiger partial charge on any atom is 0.407 e. The molecule has 5 rings (SSSR count). The first-order valence-corrected chi connectivity index (χ1v) is 12.6. The van der Waals surface area contributed by atoms with Crippen molar-refractivity contribution in [1.82, 2.24) is 10.6 Å². The Bertz CT molecular complexity index is 1450. The zero-order valence-electron chi connectivity index (χ0n) is 20.7. The minimum absolute atomic E-state index is 0.0502. The Morgan fingerprint density at radius 3 is 2.16 bits per heavy atom. The van der Waals surface area contributed by atoms with Crippen molar-refractivity contribution in [2.24, 2.45) is 0 Å². The molecular formula is C31H28N2O5. The molecule has 0 spiro atoms. The first kappa shape index (κ1) is 25.0. The van der Waals surface area contributed by atoms with Gasteiger partial charge in [0.2, 0.25) is 5.91 Å². The number of alkyl carbamates (subject to hydrolysis) is 1. The average molecular weight is 509 g/mol. The highest BCUT2D eigenvalue weighted by Gasteiger charge is 2.29. The maximum atomic E-state index is 12.5. The Kier molecular flexibility index (Phi) is 7.35. The van der Waals surface area contributed by atoms with E-state index in [0.29, 0.717) is 6.54 Å². The standard InChI is InChI=1S/C31H28N2O5/c34-29(32-18-21-10-7-9-20-8-1-2-11-22(20)21)17-16-28(30(35)36)33-31(37)38-19-27-25-14-5-3-12-23(25)24-13-4-6-15-26(24)27/h1-15,27-28H,16-19H2,(H,32,34)(H,33,37)(H,35,36)/t28-/m1/s1. The molecule has 0 radical (unpaired) electrons. The van der Waals surface area contributed by atoms with Gasteiger partial charge in [0, 0.05) is 18.9 Å². The summed E-state index contributed by atoms with van der Waals surface area (Å²) in [5.41, 5.74) is 5.33. The number of aliphatic carboxylic acids is 1. The molecule has 1 atom stereocenters. The van der Waals surface area contributed by atoms with Gasteiger partial charge >= 0.3 is 12.1 Å². The van der Waals surface area contributed by atoms with Crippen LogP contribution < -0.4 is 10.6 Å². The van der Waals surface area contributed by atoms with Gasteiger partial charge in [0.05, 0.1) is 0 Å². The zero-order chi connectivity index (χ0) is 26.5. The van der Waals surface area contributed by atoms with E-state index in [4.69, 9.17) is 4.74 Å². The molecule has 0 saturated heterocycles. The van der Waals surface area contributed by atoms with Gasteiger partial charge in [0.1, 0.15) is 12.6 Å². The summed E-state index contributed by atoms with van der Waals surface area (Å²) in [7, 11) is 0. The highest BCUT2D eigenvalue weighted by atomic mass is 16.5. The Morgan fingerprint density at radius 2 is 1.45 bits per heavy atom. The third-order valence-electron chi connectivity index (χ3n) is 6.95. The van der Waals surface area contributed by atoms with E-state index >= 15 is 0 Å². The maximum absolute atomic E-state index is 12.5. The monoisotopic (exact) mass is 508 g/mol. The van der Waals surface area contributed by atoms with Crippen LogP contribution in [0.4, 0.5) is 4.79 Å². The topological polar surface area (TPSA) is 105 Å². The molecule has 192 valence electrons. The number of hydrogen-bond donors (Lipinski definition) is 3. The predicted molar refractivity (Wildman–Crippen MR) is 145 cm³/mol. The average Bonchev–Trinajstić information content (AvgIpc) is 3.26.